The maximum absolute atomic E-state index is 15.4. The van der Waals surface area contributed by atoms with Crippen LogP contribution in [0.25, 0.3) is 21.8 Å². The molecule has 1 aliphatic heterocycles. The molecule has 0 radical (unpaired) electrons. The molecule has 1 fully saturated rings. The van der Waals surface area contributed by atoms with Crippen molar-refractivity contribution in [3.63, 3.8) is 0 Å². The summed E-state index contributed by atoms with van der Waals surface area (Å²) in [6.45, 7) is 1.54. The average Bonchev–Trinajstić information content (AvgIpc) is 3.46. The van der Waals surface area contributed by atoms with E-state index >= 15 is 8.78 Å². The molecule has 9 nitrogen and oxygen atoms in total. The first-order chi connectivity index (χ1) is 16.6. The number of sulfonamides is 1. The van der Waals surface area contributed by atoms with E-state index in [1.807, 2.05) is 7.05 Å². The first-order valence-corrected chi connectivity index (χ1v) is 12.8. The van der Waals surface area contributed by atoms with Gasteiger partial charge < -0.3 is 9.64 Å². The summed E-state index contributed by atoms with van der Waals surface area (Å²) in [7, 11) is -2.77. The number of benzene rings is 2. The molecule has 0 bridgehead atoms. The quantitative estimate of drug-likeness (QED) is 0.395. The smallest absolute Gasteiger partial charge is 0.244 e. The van der Waals surface area contributed by atoms with Gasteiger partial charge in [-0.3, -0.25) is 4.68 Å². The summed E-state index contributed by atoms with van der Waals surface area (Å²) < 4.78 is 66.6. The van der Waals surface area contributed by atoms with Crippen molar-refractivity contribution in [1.29, 1.82) is 0 Å². The van der Waals surface area contributed by atoms with Crippen molar-refractivity contribution in [3.05, 3.63) is 59.5 Å². The van der Waals surface area contributed by atoms with E-state index in [2.05, 4.69) is 19.4 Å². The molecule has 0 amide bonds. The van der Waals surface area contributed by atoms with Crippen molar-refractivity contribution in [1.82, 2.24) is 24.0 Å². The zero-order valence-corrected chi connectivity index (χ0v) is 20.4. The van der Waals surface area contributed by atoms with E-state index in [0.29, 0.717) is 16.3 Å². The first kappa shape index (κ1) is 23.8. The Morgan fingerprint density at radius 2 is 1.97 bits per heavy atom. The van der Waals surface area contributed by atoms with E-state index in [1.165, 1.54) is 12.1 Å². The van der Waals surface area contributed by atoms with Gasteiger partial charge in [0.2, 0.25) is 10.0 Å². The molecule has 0 unspecified atom stereocenters. The molecule has 2 N–H and O–H groups in total. The van der Waals surface area contributed by atoms with Crippen LogP contribution in [-0.4, -0.2) is 52.6 Å². The molecular formula is C21H17ClF2N6O3S2. The second-order valence-corrected chi connectivity index (χ2v) is 10.7. The Labute approximate surface area is 207 Å². The third-order valence-electron chi connectivity index (χ3n) is 5.50. The Balaban J connectivity index is 1.65. The van der Waals surface area contributed by atoms with Gasteiger partial charge in [-0.1, -0.05) is 11.6 Å². The van der Waals surface area contributed by atoms with Gasteiger partial charge in [-0.25, -0.2) is 27.3 Å². The highest BCUT2D eigenvalue weighted by Crippen LogP contribution is 2.42. The third kappa shape index (κ3) is 4.41. The number of hydrogen-bond acceptors (Lipinski definition) is 8. The lowest BCUT2D eigenvalue weighted by atomic mass is 10.1. The second kappa shape index (κ2) is 8.91. The van der Waals surface area contributed by atoms with Gasteiger partial charge in [0.25, 0.3) is 0 Å². The Morgan fingerprint density at radius 1 is 1.20 bits per heavy atom. The fraction of sp³-hybridized carbons (Fsp3) is 0.190. The highest BCUT2D eigenvalue weighted by Gasteiger charge is 2.31. The lowest BCUT2D eigenvalue weighted by Crippen LogP contribution is -2.45. The van der Waals surface area contributed by atoms with E-state index in [9.17, 15) is 8.42 Å². The van der Waals surface area contributed by atoms with Crippen LogP contribution in [-0.2, 0) is 10.0 Å². The van der Waals surface area contributed by atoms with Gasteiger partial charge >= 0.3 is 0 Å². The standard InChI is InChI=1S/C21H17ClF2N6O3S2/c1-29-8-12(9-29)30-16(4-5-27-30)13-6-11(22)2-3-17(13)33-19-15(23)7-14(21-26-10-28-34-21)18(24)20(19)35(25,31)32/h2-7,10,12H,8-9H2,1H3,(H2,25,31,32). The highest BCUT2D eigenvalue weighted by atomic mass is 35.5. The van der Waals surface area contributed by atoms with Crippen LogP contribution in [0.1, 0.15) is 6.04 Å². The summed E-state index contributed by atoms with van der Waals surface area (Å²) >= 11 is 6.99. The van der Waals surface area contributed by atoms with Crippen molar-refractivity contribution in [2.45, 2.75) is 10.9 Å². The summed E-state index contributed by atoms with van der Waals surface area (Å²) in [6, 6.07) is 7.12. The van der Waals surface area contributed by atoms with Crippen LogP contribution in [0.3, 0.4) is 0 Å². The van der Waals surface area contributed by atoms with Crippen LogP contribution >= 0.6 is 23.1 Å². The minimum atomic E-state index is -4.75. The van der Waals surface area contributed by atoms with Crippen LogP contribution < -0.4 is 9.88 Å². The van der Waals surface area contributed by atoms with Crippen molar-refractivity contribution in [3.8, 4) is 33.3 Å². The Morgan fingerprint density at radius 3 is 2.63 bits per heavy atom. The molecule has 0 aliphatic carbocycles. The van der Waals surface area contributed by atoms with E-state index in [0.717, 1.165) is 37.0 Å². The minimum Gasteiger partial charge on any atom is -0.452 e. The molecule has 3 heterocycles. The molecule has 2 aromatic carbocycles. The van der Waals surface area contributed by atoms with Crippen LogP contribution in [0.2, 0.25) is 5.02 Å². The van der Waals surface area contributed by atoms with E-state index in [4.69, 9.17) is 21.5 Å². The molecule has 2 aromatic heterocycles. The number of aromatic nitrogens is 4. The number of hydrogen-bond donors (Lipinski definition) is 1. The molecular weight excluding hydrogens is 522 g/mol. The van der Waals surface area contributed by atoms with E-state index < -0.39 is 37.9 Å². The number of ether oxygens (including phenoxy) is 1. The van der Waals surface area contributed by atoms with E-state index in [1.54, 1.807) is 23.0 Å². The lowest BCUT2D eigenvalue weighted by molar-refractivity contribution is 0.132. The van der Waals surface area contributed by atoms with Crippen molar-refractivity contribution in [2.75, 3.05) is 20.1 Å². The van der Waals surface area contributed by atoms with Gasteiger partial charge in [-0.15, -0.1) is 0 Å². The fourth-order valence-corrected chi connectivity index (χ4v) is 5.39. The molecule has 1 aliphatic rings. The summed E-state index contributed by atoms with van der Waals surface area (Å²) in [4.78, 5) is 4.81. The summed E-state index contributed by atoms with van der Waals surface area (Å²) in [5.41, 5.74) is 0.631. The van der Waals surface area contributed by atoms with Crippen LogP contribution in [0.4, 0.5) is 8.78 Å². The van der Waals surface area contributed by atoms with Crippen LogP contribution in [0.15, 0.2) is 47.8 Å². The molecule has 182 valence electrons. The molecule has 4 aromatic rings. The van der Waals surface area contributed by atoms with Gasteiger partial charge in [0.15, 0.2) is 22.3 Å². The largest absolute Gasteiger partial charge is 0.452 e. The first-order valence-electron chi connectivity index (χ1n) is 10.1. The zero-order chi connectivity index (χ0) is 24.9. The van der Waals surface area contributed by atoms with Crippen LogP contribution in [0, 0.1) is 11.6 Å². The number of likely N-dealkylation sites (N-methyl/N-ethyl adjacent to an activating group) is 1. The van der Waals surface area contributed by atoms with Gasteiger partial charge in [-0.2, -0.15) is 9.47 Å². The number of likely N-dealkylation sites (tertiary alicyclic amines) is 1. The highest BCUT2D eigenvalue weighted by molar-refractivity contribution is 7.89. The van der Waals surface area contributed by atoms with Crippen molar-refractivity contribution >= 4 is 33.2 Å². The second-order valence-electron chi connectivity index (χ2n) is 7.95. The molecule has 0 saturated carbocycles. The molecule has 1 saturated heterocycles. The number of nitrogens with zero attached hydrogens (tertiary/aromatic N) is 5. The SMILES string of the molecule is CN1CC(n2nccc2-c2cc(Cl)ccc2Oc2c(F)cc(-c3ncns3)c(F)c2S(N)(=O)=O)C1. The summed E-state index contributed by atoms with van der Waals surface area (Å²) in [6.07, 6.45) is 2.74. The number of nitrogens with two attached hydrogens (primary N) is 1. The minimum absolute atomic E-state index is 0.0144. The number of halogens is 3. The molecule has 5 rings (SSSR count). The fourth-order valence-electron chi connectivity index (χ4n) is 3.92. The Kier molecular flexibility index (Phi) is 6.05. The van der Waals surface area contributed by atoms with Crippen LogP contribution in [0.5, 0.6) is 11.5 Å². The molecule has 35 heavy (non-hydrogen) atoms. The van der Waals surface area contributed by atoms with Gasteiger partial charge in [0.1, 0.15) is 17.1 Å². The van der Waals surface area contributed by atoms with Crippen molar-refractivity contribution in [2.24, 2.45) is 5.14 Å². The predicted molar refractivity (Wildman–Crippen MR) is 126 cm³/mol. The zero-order valence-electron chi connectivity index (χ0n) is 18.0. The van der Waals surface area contributed by atoms with Gasteiger partial charge in [0, 0.05) is 29.9 Å². The number of primary sulfonamides is 1. The Bertz CT molecular complexity index is 1520. The summed E-state index contributed by atoms with van der Waals surface area (Å²) in [5, 5.41) is 10.0. The molecule has 14 heteroatoms. The van der Waals surface area contributed by atoms with E-state index in [-0.39, 0.29) is 16.8 Å². The third-order valence-corrected chi connectivity index (χ3v) is 7.36. The monoisotopic (exact) mass is 538 g/mol. The molecule has 0 spiro atoms. The van der Waals surface area contributed by atoms with Gasteiger partial charge in [-0.05, 0) is 48.9 Å². The lowest BCUT2D eigenvalue weighted by Gasteiger charge is -2.37. The average molecular weight is 539 g/mol. The topological polar surface area (TPSA) is 116 Å². The normalized spacial score (nSPS) is 14.8. The predicted octanol–water partition coefficient (Wildman–Crippen LogP) is 3.93. The van der Waals surface area contributed by atoms with Gasteiger partial charge in [0.05, 0.1) is 17.3 Å². The number of rotatable bonds is 6. The Hall–Kier alpha value is -2.97. The summed E-state index contributed by atoms with van der Waals surface area (Å²) in [5.74, 6) is -3.28. The van der Waals surface area contributed by atoms with Crippen molar-refractivity contribution < 1.29 is 21.9 Å². The molecule has 0 atom stereocenters. The maximum Gasteiger partial charge on any atom is 0.244 e. The maximum atomic E-state index is 15.4.